The molecule has 0 radical (unpaired) electrons. The predicted molar refractivity (Wildman–Crippen MR) is 94.0 cm³/mol. The summed E-state index contributed by atoms with van der Waals surface area (Å²) < 4.78 is 30.8. The van der Waals surface area contributed by atoms with E-state index in [0.717, 1.165) is 18.4 Å². The van der Waals surface area contributed by atoms with Crippen LogP contribution in [-0.2, 0) is 16.5 Å². The topological polar surface area (TPSA) is 54.4 Å². The van der Waals surface area contributed by atoms with Crippen LogP contribution >= 0.6 is 0 Å². The van der Waals surface area contributed by atoms with Crippen LogP contribution in [-0.4, -0.2) is 13.0 Å². The van der Waals surface area contributed by atoms with Gasteiger partial charge in [-0.05, 0) is 30.5 Å². The molecule has 1 N–H and O–H groups in total. The van der Waals surface area contributed by atoms with Crippen molar-refractivity contribution in [3.8, 4) is 0 Å². The predicted octanol–water partition coefficient (Wildman–Crippen LogP) is -0.370. The summed E-state index contributed by atoms with van der Waals surface area (Å²) in [6, 6.07) is 6.52. The molecule has 0 aliphatic heterocycles. The van der Waals surface area contributed by atoms with E-state index in [-0.39, 0.29) is 88.7 Å². The van der Waals surface area contributed by atoms with Crippen LogP contribution in [0, 0.1) is 0 Å². The van der Waals surface area contributed by atoms with Crippen molar-refractivity contribution in [3.05, 3.63) is 29.8 Å². The molecule has 0 atom stereocenters. The molecule has 0 bridgehead atoms. The monoisotopic (exact) mass is 390 g/mol. The normalized spacial score (nSPS) is 10.8. The molecule has 6 heteroatoms. The SMILES string of the molecule is CCCCCCCCCCCCc1ccc(S(=O)(=O)O)cc1.[H-].[H-].[K+].[Na+]. The Morgan fingerprint density at radius 3 is 1.67 bits per heavy atom. The minimum atomic E-state index is -4.06. The first-order chi connectivity index (χ1) is 10.5. The summed E-state index contributed by atoms with van der Waals surface area (Å²) in [5.41, 5.74) is 1.13. The summed E-state index contributed by atoms with van der Waals surface area (Å²) in [5, 5.41) is 0. The molecule has 0 amide bonds. The molecule has 1 rings (SSSR count). The molecule has 130 valence electrons. The molecule has 0 unspecified atom stereocenters. The summed E-state index contributed by atoms with van der Waals surface area (Å²) in [6.45, 7) is 2.25. The van der Waals surface area contributed by atoms with E-state index >= 15 is 0 Å². The Morgan fingerprint density at radius 2 is 1.25 bits per heavy atom. The van der Waals surface area contributed by atoms with Crippen molar-refractivity contribution >= 4 is 10.1 Å². The zero-order valence-corrected chi connectivity index (χ0v) is 21.7. The van der Waals surface area contributed by atoms with Crippen LogP contribution in [0.25, 0.3) is 0 Å². The second-order valence-corrected chi connectivity index (χ2v) is 7.47. The van der Waals surface area contributed by atoms with Crippen molar-refractivity contribution in [1.82, 2.24) is 0 Å². The molecule has 0 saturated heterocycles. The molecule has 0 spiro atoms. The molecule has 3 nitrogen and oxygen atoms in total. The van der Waals surface area contributed by atoms with Crippen molar-refractivity contribution in [2.45, 2.75) is 82.4 Å². The molecular formula is C18H32KNaO3S. The van der Waals surface area contributed by atoms with E-state index in [2.05, 4.69) is 6.92 Å². The minimum Gasteiger partial charge on any atom is -1.00 e. The minimum absolute atomic E-state index is 0. The average molecular weight is 391 g/mol. The van der Waals surface area contributed by atoms with E-state index < -0.39 is 10.1 Å². The molecule has 0 saturated carbocycles. The van der Waals surface area contributed by atoms with Gasteiger partial charge in [-0.3, -0.25) is 4.55 Å². The summed E-state index contributed by atoms with van der Waals surface area (Å²) >= 11 is 0. The molecule has 0 aromatic heterocycles. The molecule has 0 aliphatic carbocycles. The fraction of sp³-hybridized carbons (Fsp3) is 0.667. The van der Waals surface area contributed by atoms with Gasteiger partial charge in [0, 0.05) is 0 Å². The summed E-state index contributed by atoms with van der Waals surface area (Å²) in [4.78, 5) is -0.0284. The first-order valence-electron chi connectivity index (χ1n) is 8.60. The van der Waals surface area contributed by atoms with Gasteiger partial charge in [-0.25, -0.2) is 0 Å². The first kappa shape index (κ1) is 28.0. The Kier molecular flexibility index (Phi) is 19.7. The fourth-order valence-electron chi connectivity index (χ4n) is 2.64. The Hall–Kier alpha value is 1.77. The first-order valence-corrected chi connectivity index (χ1v) is 10.0. The quantitative estimate of drug-likeness (QED) is 0.301. The van der Waals surface area contributed by atoms with E-state index in [4.69, 9.17) is 4.55 Å². The molecule has 1 aromatic rings. The van der Waals surface area contributed by atoms with Gasteiger partial charge in [0.15, 0.2) is 0 Å². The van der Waals surface area contributed by atoms with Crippen LogP contribution < -0.4 is 80.9 Å². The van der Waals surface area contributed by atoms with Gasteiger partial charge >= 0.3 is 80.9 Å². The number of unbranched alkanes of at least 4 members (excludes halogenated alkanes) is 9. The number of hydrogen-bond donors (Lipinski definition) is 1. The number of hydrogen-bond acceptors (Lipinski definition) is 2. The van der Waals surface area contributed by atoms with E-state index in [1.165, 1.54) is 69.9 Å². The van der Waals surface area contributed by atoms with Gasteiger partial charge in [0.1, 0.15) is 0 Å². The van der Waals surface area contributed by atoms with E-state index in [0.29, 0.717) is 0 Å². The Balaban J connectivity index is -0.000000605. The van der Waals surface area contributed by atoms with Crippen LogP contribution in [0.4, 0.5) is 0 Å². The van der Waals surface area contributed by atoms with Crippen LogP contribution in [0.1, 0.15) is 79.5 Å². The molecule has 0 aliphatic rings. The number of rotatable bonds is 12. The zero-order valence-electron chi connectivity index (χ0n) is 17.8. The fourth-order valence-corrected chi connectivity index (χ4v) is 3.12. The largest absolute Gasteiger partial charge is 1.00 e. The molecule has 24 heavy (non-hydrogen) atoms. The van der Waals surface area contributed by atoms with E-state index in [1.54, 1.807) is 12.1 Å². The van der Waals surface area contributed by atoms with Crippen LogP contribution in [0.15, 0.2) is 29.2 Å². The van der Waals surface area contributed by atoms with Crippen molar-refractivity contribution in [3.63, 3.8) is 0 Å². The maximum absolute atomic E-state index is 10.9. The van der Waals surface area contributed by atoms with Gasteiger partial charge in [-0.1, -0.05) is 76.8 Å². The van der Waals surface area contributed by atoms with Crippen molar-refractivity contribution in [2.75, 3.05) is 0 Å². The maximum Gasteiger partial charge on any atom is 1.00 e. The standard InChI is InChI=1S/C18H30O3S.K.Na.2H/c1-2-3-4-5-6-7-8-9-10-11-12-17-13-15-18(16-14-17)22(19,20)21;;;;/h13-16H,2-12H2,1H3,(H,19,20,21);;;;/q;2*+1;2*-1. The Morgan fingerprint density at radius 1 is 0.833 bits per heavy atom. The van der Waals surface area contributed by atoms with E-state index in [1.807, 2.05) is 0 Å². The Bertz CT molecular complexity index is 514. The summed E-state index contributed by atoms with van der Waals surface area (Å²) in [7, 11) is -4.06. The van der Waals surface area contributed by atoms with Gasteiger partial charge in [-0.15, -0.1) is 0 Å². The summed E-state index contributed by atoms with van der Waals surface area (Å²) in [6.07, 6.45) is 14.1. The average Bonchev–Trinajstić information content (AvgIpc) is 2.49. The second-order valence-electron chi connectivity index (χ2n) is 6.05. The van der Waals surface area contributed by atoms with Gasteiger partial charge in [0.05, 0.1) is 4.90 Å². The third kappa shape index (κ3) is 13.9. The van der Waals surface area contributed by atoms with Gasteiger partial charge in [0.2, 0.25) is 0 Å². The summed E-state index contributed by atoms with van der Waals surface area (Å²) in [5.74, 6) is 0. The molecule has 1 aromatic carbocycles. The third-order valence-electron chi connectivity index (χ3n) is 4.04. The van der Waals surface area contributed by atoms with Crippen LogP contribution in [0.2, 0.25) is 0 Å². The smallest absolute Gasteiger partial charge is 1.00 e. The van der Waals surface area contributed by atoms with Crippen molar-refractivity contribution in [1.29, 1.82) is 0 Å². The van der Waals surface area contributed by atoms with Gasteiger partial charge < -0.3 is 2.85 Å². The van der Waals surface area contributed by atoms with Gasteiger partial charge in [-0.2, -0.15) is 8.42 Å². The maximum atomic E-state index is 10.9. The second kappa shape index (κ2) is 16.9. The van der Waals surface area contributed by atoms with Crippen LogP contribution in [0.5, 0.6) is 0 Å². The third-order valence-corrected chi connectivity index (χ3v) is 4.91. The number of benzene rings is 1. The molecular weight excluding hydrogens is 358 g/mol. The van der Waals surface area contributed by atoms with Gasteiger partial charge in [0.25, 0.3) is 10.1 Å². The zero-order chi connectivity index (χ0) is 16.3. The van der Waals surface area contributed by atoms with Crippen LogP contribution in [0.3, 0.4) is 0 Å². The van der Waals surface area contributed by atoms with Crippen molar-refractivity contribution in [2.24, 2.45) is 0 Å². The Labute approximate surface area is 216 Å². The molecule has 0 fully saturated rings. The number of aryl methyl sites for hydroxylation is 1. The molecule has 0 heterocycles. The van der Waals surface area contributed by atoms with E-state index in [9.17, 15) is 8.42 Å². The van der Waals surface area contributed by atoms with Crippen molar-refractivity contribution < 1.29 is 96.8 Å².